The van der Waals surface area contributed by atoms with Gasteiger partial charge in [0.15, 0.2) is 5.82 Å². The number of hydrogen-bond donors (Lipinski definition) is 1. The Hall–Kier alpha value is -0.740. The van der Waals surface area contributed by atoms with E-state index in [0.29, 0.717) is 17.6 Å². The summed E-state index contributed by atoms with van der Waals surface area (Å²) < 4.78 is 6.31. The van der Waals surface area contributed by atoms with Gasteiger partial charge in [-0.15, -0.1) is 0 Å². The van der Waals surface area contributed by atoms with E-state index in [-0.39, 0.29) is 0 Å². The standard InChI is InChI=1S/C5H8ClN3O/c1-10-3-9-2-4(6)5(7)8-9/h2H,3H2,1H3,(H2,7,8). The van der Waals surface area contributed by atoms with Gasteiger partial charge in [0.2, 0.25) is 0 Å². The predicted octanol–water partition coefficient (Wildman–Crippen LogP) is 0.723. The van der Waals surface area contributed by atoms with Crippen LogP contribution in [-0.2, 0) is 11.5 Å². The van der Waals surface area contributed by atoms with Crippen LogP contribution in [0, 0.1) is 0 Å². The Morgan fingerprint density at radius 1 is 1.90 bits per heavy atom. The molecular weight excluding hydrogens is 154 g/mol. The molecule has 0 saturated heterocycles. The number of halogens is 1. The van der Waals surface area contributed by atoms with Gasteiger partial charge in [-0.05, 0) is 0 Å². The largest absolute Gasteiger partial charge is 0.381 e. The molecule has 0 bridgehead atoms. The molecule has 0 radical (unpaired) electrons. The molecule has 0 fully saturated rings. The van der Waals surface area contributed by atoms with Crippen LogP contribution in [0.25, 0.3) is 0 Å². The maximum atomic E-state index is 5.60. The Bertz CT molecular complexity index is 203. The van der Waals surface area contributed by atoms with Crippen molar-refractivity contribution in [2.45, 2.75) is 6.73 Å². The topological polar surface area (TPSA) is 53.1 Å². The third-order valence-corrected chi connectivity index (χ3v) is 1.30. The van der Waals surface area contributed by atoms with Gasteiger partial charge in [-0.3, -0.25) is 0 Å². The lowest BCUT2D eigenvalue weighted by Crippen LogP contribution is -2.00. The predicted molar refractivity (Wildman–Crippen MR) is 38.7 cm³/mol. The van der Waals surface area contributed by atoms with Crippen molar-refractivity contribution in [3.8, 4) is 0 Å². The van der Waals surface area contributed by atoms with Crippen LogP contribution in [0.15, 0.2) is 6.20 Å². The van der Waals surface area contributed by atoms with Crippen LogP contribution in [0.3, 0.4) is 0 Å². The first kappa shape index (κ1) is 7.37. The van der Waals surface area contributed by atoms with Crippen LogP contribution in [-0.4, -0.2) is 16.9 Å². The quantitative estimate of drug-likeness (QED) is 0.696. The van der Waals surface area contributed by atoms with Crippen molar-refractivity contribution >= 4 is 17.4 Å². The molecule has 0 aliphatic heterocycles. The fourth-order valence-corrected chi connectivity index (χ4v) is 0.761. The van der Waals surface area contributed by atoms with Gasteiger partial charge < -0.3 is 10.5 Å². The number of nitrogen functional groups attached to an aromatic ring is 1. The van der Waals surface area contributed by atoms with E-state index in [1.165, 1.54) is 4.68 Å². The smallest absolute Gasteiger partial charge is 0.164 e. The van der Waals surface area contributed by atoms with Crippen molar-refractivity contribution in [1.29, 1.82) is 0 Å². The number of rotatable bonds is 2. The Morgan fingerprint density at radius 2 is 2.60 bits per heavy atom. The molecular formula is C5H8ClN3O. The summed E-state index contributed by atoms with van der Waals surface area (Å²) in [6.45, 7) is 0.372. The minimum Gasteiger partial charge on any atom is -0.381 e. The molecule has 0 saturated carbocycles. The number of nitrogens with zero attached hydrogens (tertiary/aromatic N) is 2. The van der Waals surface area contributed by atoms with Crippen LogP contribution >= 0.6 is 11.6 Å². The summed E-state index contributed by atoms with van der Waals surface area (Å²) in [5.74, 6) is 0.332. The van der Waals surface area contributed by atoms with Crippen molar-refractivity contribution in [3.63, 3.8) is 0 Å². The van der Waals surface area contributed by atoms with Gasteiger partial charge in [0.05, 0.1) is 0 Å². The van der Waals surface area contributed by atoms with Crippen LogP contribution < -0.4 is 5.73 Å². The molecule has 5 heteroatoms. The maximum Gasteiger partial charge on any atom is 0.164 e. The SMILES string of the molecule is COCn1cc(Cl)c(N)n1. The summed E-state index contributed by atoms with van der Waals surface area (Å²) in [5.41, 5.74) is 5.35. The molecule has 1 aromatic heterocycles. The summed E-state index contributed by atoms with van der Waals surface area (Å²) in [7, 11) is 1.58. The number of anilines is 1. The van der Waals surface area contributed by atoms with Gasteiger partial charge >= 0.3 is 0 Å². The zero-order valence-corrected chi connectivity index (χ0v) is 6.30. The summed E-state index contributed by atoms with van der Waals surface area (Å²) >= 11 is 5.60. The van der Waals surface area contributed by atoms with Gasteiger partial charge in [0, 0.05) is 13.3 Å². The lowest BCUT2D eigenvalue weighted by atomic mass is 10.7. The first-order valence-electron chi connectivity index (χ1n) is 2.71. The molecule has 4 nitrogen and oxygen atoms in total. The fraction of sp³-hybridized carbons (Fsp3) is 0.400. The molecule has 0 aromatic carbocycles. The monoisotopic (exact) mass is 161 g/mol. The van der Waals surface area contributed by atoms with E-state index in [1.807, 2.05) is 0 Å². The molecule has 0 aliphatic rings. The zero-order chi connectivity index (χ0) is 7.56. The van der Waals surface area contributed by atoms with Crippen LogP contribution in [0.2, 0.25) is 5.02 Å². The summed E-state index contributed by atoms with van der Waals surface area (Å²) in [6.07, 6.45) is 1.61. The van der Waals surface area contributed by atoms with E-state index in [2.05, 4.69) is 5.10 Å². The highest BCUT2D eigenvalue weighted by atomic mass is 35.5. The van der Waals surface area contributed by atoms with Crippen molar-refractivity contribution < 1.29 is 4.74 Å². The van der Waals surface area contributed by atoms with Crippen molar-refractivity contribution in [2.24, 2.45) is 0 Å². The second-order valence-electron chi connectivity index (χ2n) is 1.82. The maximum absolute atomic E-state index is 5.60. The number of aromatic nitrogens is 2. The molecule has 0 spiro atoms. The Kier molecular flexibility index (Phi) is 2.13. The molecule has 56 valence electrons. The van der Waals surface area contributed by atoms with Crippen LogP contribution in [0.1, 0.15) is 0 Å². The minimum absolute atomic E-state index is 0.332. The third kappa shape index (κ3) is 1.40. The zero-order valence-electron chi connectivity index (χ0n) is 5.54. The molecule has 2 N–H and O–H groups in total. The van der Waals surface area contributed by atoms with E-state index in [9.17, 15) is 0 Å². The van der Waals surface area contributed by atoms with E-state index in [1.54, 1.807) is 13.3 Å². The van der Waals surface area contributed by atoms with Crippen molar-refractivity contribution in [1.82, 2.24) is 9.78 Å². The summed E-state index contributed by atoms with van der Waals surface area (Å²) in [4.78, 5) is 0. The second-order valence-corrected chi connectivity index (χ2v) is 2.23. The van der Waals surface area contributed by atoms with Crippen molar-refractivity contribution in [2.75, 3.05) is 12.8 Å². The molecule has 1 rings (SSSR count). The van der Waals surface area contributed by atoms with Gasteiger partial charge in [0.1, 0.15) is 11.8 Å². The highest BCUT2D eigenvalue weighted by Gasteiger charge is 2.00. The molecule has 1 heterocycles. The summed E-state index contributed by atoms with van der Waals surface area (Å²) in [6, 6.07) is 0. The molecule has 0 atom stereocenters. The Morgan fingerprint density at radius 3 is 3.00 bits per heavy atom. The first-order chi connectivity index (χ1) is 4.74. The lowest BCUT2D eigenvalue weighted by molar-refractivity contribution is 0.121. The van der Waals surface area contributed by atoms with E-state index in [0.717, 1.165) is 0 Å². The Balaban J connectivity index is 2.77. The highest BCUT2D eigenvalue weighted by molar-refractivity contribution is 6.32. The molecule has 1 aromatic rings. The summed E-state index contributed by atoms with van der Waals surface area (Å²) in [5, 5.41) is 4.29. The number of ether oxygens (including phenoxy) is 1. The Labute approximate surface area is 63.5 Å². The lowest BCUT2D eigenvalue weighted by Gasteiger charge is -1.94. The second kappa shape index (κ2) is 2.90. The van der Waals surface area contributed by atoms with E-state index < -0.39 is 0 Å². The number of hydrogen-bond acceptors (Lipinski definition) is 3. The van der Waals surface area contributed by atoms with Crippen LogP contribution in [0.4, 0.5) is 5.82 Å². The molecule has 0 unspecified atom stereocenters. The first-order valence-corrected chi connectivity index (χ1v) is 3.09. The van der Waals surface area contributed by atoms with E-state index >= 15 is 0 Å². The number of nitrogens with two attached hydrogens (primary N) is 1. The number of methoxy groups -OCH3 is 1. The van der Waals surface area contributed by atoms with Crippen LogP contribution in [0.5, 0.6) is 0 Å². The molecule has 10 heavy (non-hydrogen) atoms. The molecule has 0 aliphatic carbocycles. The highest BCUT2D eigenvalue weighted by Crippen LogP contribution is 2.14. The van der Waals surface area contributed by atoms with Gasteiger partial charge in [0.25, 0.3) is 0 Å². The van der Waals surface area contributed by atoms with Gasteiger partial charge in [-0.1, -0.05) is 11.6 Å². The average molecular weight is 162 g/mol. The van der Waals surface area contributed by atoms with Gasteiger partial charge in [-0.2, -0.15) is 5.10 Å². The normalized spacial score (nSPS) is 10.2. The third-order valence-electron chi connectivity index (χ3n) is 1.00. The van der Waals surface area contributed by atoms with Crippen molar-refractivity contribution in [3.05, 3.63) is 11.2 Å². The average Bonchev–Trinajstić information content (AvgIpc) is 2.14. The minimum atomic E-state index is 0.332. The molecule has 0 amide bonds. The fourth-order valence-electron chi connectivity index (χ4n) is 0.610. The van der Waals surface area contributed by atoms with Gasteiger partial charge in [-0.25, -0.2) is 4.68 Å². The van der Waals surface area contributed by atoms with E-state index in [4.69, 9.17) is 22.1 Å².